The first kappa shape index (κ1) is 45.7. The standard InChI is InChI=1S/2C15H12IO.2C7H8O3S/c2*1-17-15-9-7-13(8-10-15)11-12-16-14-5-3-2-4-6-14;2*1-6-2-4-7(5-3-6)11(8,9)10/h2*2-10H,1H3;2*2-5H,1H3,(H,8,9,10)/q2*+1;;/p-2. The van der Waals surface area contributed by atoms with Crippen molar-refractivity contribution < 1.29 is 77.8 Å². The van der Waals surface area contributed by atoms with E-state index in [9.17, 15) is 25.9 Å². The van der Waals surface area contributed by atoms with Gasteiger partial charge in [0.2, 0.25) is 7.14 Å². The molecule has 12 heteroatoms. The number of benzene rings is 6. The Hall–Kier alpha value is -4.68. The van der Waals surface area contributed by atoms with E-state index < -0.39 is 20.2 Å². The van der Waals surface area contributed by atoms with E-state index in [1.807, 2.05) is 74.5 Å². The van der Waals surface area contributed by atoms with Crippen molar-refractivity contribution in [2.45, 2.75) is 23.6 Å². The number of aryl methyl sites for hydroxylation is 2. The fourth-order valence-corrected chi connectivity index (χ4v) is 7.98. The minimum absolute atomic E-state index is 0.178. The van der Waals surface area contributed by atoms with Crippen molar-refractivity contribution in [3.63, 3.8) is 0 Å². The van der Waals surface area contributed by atoms with Crippen LogP contribution in [0, 0.1) is 40.7 Å². The third-order valence-electron chi connectivity index (χ3n) is 6.96. The van der Waals surface area contributed by atoms with Crippen LogP contribution in [-0.4, -0.2) is 40.2 Å². The van der Waals surface area contributed by atoms with Crippen LogP contribution < -0.4 is 51.9 Å². The summed E-state index contributed by atoms with van der Waals surface area (Å²) in [7, 11) is -5.20. The van der Waals surface area contributed by atoms with Gasteiger partial charge in [0.25, 0.3) is 0 Å². The molecule has 8 nitrogen and oxygen atoms in total. The Labute approximate surface area is 351 Å². The maximum Gasteiger partial charge on any atom is 0.420 e. The number of ether oxygens (including phenoxy) is 2. The second-order valence-electron chi connectivity index (χ2n) is 11.2. The van der Waals surface area contributed by atoms with E-state index in [0.29, 0.717) is 0 Å². The number of halogens is 2. The van der Waals surface area contributed by atoms with E-state index in [0.717, 1.165) is 33.8 Å². The fourth-order valence-electron chi connectivity index (χ4n) is 3.98. The monoisotopic (exact) mass is 1010 g/mol. The van der Waals surface area contributed by atoms with E-state index >= 15 is 0 Å². The highest BCUT2D eigenvalue weighted by molar-refractivity contribution is 7.86. The first-order valence-corrected chi connectivity index (χ1v) is 23.6. The molecule has 56 heavy (non-hydrogen) atoms. The third kappa shape index (κ3) is 18.3. The van der Waals surface area contributed by atoms with Crippen molar-refractivity contribution in [1.29, 1.82) is 0 Å². The quantitative estimate of drug-likeness (QED) is 0.140. The smallest absolute Gasteiger partial charge is 0.420 e. The number of methoxy groups -OCH3 is 2. The highest BCUT2D eigenvalue weighted by Gasteiger charge is 2.07. The molecule has 288 valence electrons. The van der Waals surface area contributed by atoms with E-state index in [1.165, 1.54) is 31.4 Å². The lowest BCUT2D eigenvalue weighted by molar-refractivity contribution is -0.535. The Morgan fingerprint density at radius 3 is 1.02 bits per heavy atom. The Balaban J connectivity index is 0.000000205. The second kappa shape index (κ2) is 24.1. The molecule has 0 aliphatic rings. The van der Waals surface area contributed by atoms with Crippen LogP contribution in [0.5, 0.6) is 11.5 Å². The average Bonchev–Trinajstić information content (AvgIpc) is 3.20. The maximum atomic E-state index is 10.4. The van der Waals surface area contributed by atoms with Gasteiger partial charge in [-0.1, -0.05) is 71.8 Å². The number of rotatable bonds is 6. The molecule has 0 amide bonds. The Bertz CT molecular complexity index is 2240. The van der Waals surface area contributed by atoms with Crippen LogP contribution in [-0.2, 0) is 20.2 Å². The second-order valence-corrected chi connectivity index (χ2v) is 18.6. The molecule has 0 atom stereocenters. The summed E-state index contributed by atoms with van der Waals surface area (Å²) in [6, 6.07) is 48.1. The van der Waals surface area contributed by atoms with Crippen LogP contribution in [0.1, 0.15) is 22.3 Å². The van der Waals surface area contributed by atoms with Crippen LogP contribution in [0.2, 0.25) is 0 Å². The SMILES string of the molecule is COc1ccc(C#C[I+]c2ccccc2)cc1.COc1ccc(C#C[I+]c2ccccc2)cc1.Cc1ccc(S(=O)(=O)[O-])cc1.Cc1ccc(S(=O)(=O)[O-])cc1. The first-order chi connectivity index (χ1) is 26.8. The Kier molecular flexibility index (Phi) is 19.6. The van der Waals surface area contributed by atoms with Gasteiger partial charge in [-0.25, -0.2) is 16.8 Å². The van der Waals surface area contributed by atoms with E-state index in [4.69, 9.17) is 9.47 Å². The molecule has 0 aliphatic heterocycles. The summed E-state index contributed by atoms with van der Waals surface area (Å²) in [5.74, 6) is 8.11. The Morgan fingerprint density at radius 2 is 0.750 bits per heavy atom. The van der Waals surface area contributed by atoms with Gasteiger partial charge >= 0.3 is 42.4 Å². The molecule has 0 N–H and O–H groups in total. The van der Waals surface area contributed by atoms with Crippen LogP contribution in [0.4, 0.5) is 0 Å². The molecule has 0 unspecified atom stereocenters. The van der Waals surface area contributed by atoms with Crippen LogP contribution in [0.15, 0.2) is 168 Å². The summed E-state index contributed by atoms with van der Waals surface area (Å²) in [5, 5.41) is 0. The van der Waals surface area contributed by atoms with Gasteiger partial charge in [0, 0.05) is 11.1 Å². The fraction of sp³-hybridized carbons (Fsp3) is 0.0909. The molecule has 0 bridgehead atoms. The molecule has 0 aliphatic carbocycles. The normalized spacial score (nSPS) is 10.1. The molecule has 0 saturated carbocycles. The summed E-state index contributed by atoms with van der Waals surface area (Å²) in [6.07, 6.45) is 0. The zero-order chi connectivity index (χ0) is 40.8. The average molecular weight is 1010 g/mol. The largest absolute Gasteiger partial charge is 0.744 e. The van der Waals surface area contributed by atoms with E-state index in [-0.39, 0.29) is 52.2 Å². The highest BCUT2D eigenvalue weighted by Crippen LogP contribution is 2.11. The predicted molar refractivity (Wildman–Crippen MR) is 208 cm³/mol. The van der Waals surface area contributed by atoms with E-state index in [1.54, 1.807) is 38.5 Å². The Morgan fingerprint density at radius 1 is 0.446 bits per heavy atom. The van der Waals surface area contributed by atoms with Crippen LogP contribution in [0.3, 0.4) is 0 Å². The predicted octanol–water partition coefficient (Wildman–Crippen LogP) is 1.72. The molecule has 0 saturated heterocycles. The zero-order valence-electron chi connectivity index (χ0n) is 30.8. The summed E-state index contributed by atoms with van der Waals surface area (Å²) >= 11 is -0.406. The maximum absolute atomic E-state index is 10.4. The lowest BCUT2D eigenvalue weighted by Crippen LogP contribution is -3.59. The topological polar surface area (TPSA) is 133 Å². The van der Waals surface area contributed by atoms with Gasteiger partial charge in [0.15, 0.2) is 7.85 Å². The summed E-state index contributed by atoms with van der Waals surface area (Å²) in [4.78, 5) is -0.355. The van der Waals surface area contributed by atoms with Crippen molar-refractivity contribution in [2.24, 2.45) is 0 Å². The lowest BCUT2D eigenvalue weighted by Gasteiger charge is -2.05. The molecule has 0 aromatic heterocycles. The van der Waals surface area contributed by atoms with Gasteiger partial charge in [0.1, 0.15) is 31.7 Å². The molecule has 0 radical (unpaired) electrons. The summed E-state index contributed by atoms with van der Waals surface area (Å²) < 4.78 is 81.8. The highest BCUT2D eigenvalue weighted by atomic mass is 127. The molecular weight excluding hydrogens is 974 g/mol. The van der Waals surface area contributed by atoms with Gasteiger partial charge < -0.3 is 18.6 Å². The van der Waals surface area contributed by atoms with Crippen molar-refractivity contribution in [3.05, 3.63) is 187 Å². The minimum atomic E-state index is -4.27. The van der Waals surface area contributed by atoms with E-state index in [2.05, 4.69) is 68.2 Å². The van der Waals surface area contributed by atoms with Crippen molar-refractivity contribution in [3.8, 4) is 31.2 Å². The van der Waals surface area contributed by atoms with Gasteiger partial charge in [0.05, 0.1) is 24.0 Å². The van der Waals surface area contributed by atoms with Crippen LogP contribution >= 0.6 is 0 Å². The summed E-state index contributed by atoms with van der Waals surface area (Å²) in [5.41, 5.74) is 3.94. The molecule has 6 aromatic rings. The lowest BCUT2D eigenvalue weighted by atomic mass is 10.2. The molecule has 0 fully saturated rings. The zero-order valence-corrected chi connectivity index (χ0v) is 36.8. The molecule has 0 spiro atoms. The van der Waals surface area contributed by atoms with Crippen molar-refractivity contribution in [2.75, 3.05) is 14.2 Å². The first-order valence-electron chi connectivity index (χ1n) is 16.5. The third-order valence-corrected chi connectivity index (χ3v) is 12.4. The molecule has 6 aromatic carbocycles. The minimum Gasteiger partial charge on any atom is -0.744 e. The van der Waals surface area contributed by atoms with Crippen molar-refractivity contribution >= 4 is 20.2 Å². The number of hydrogen-bond donors (Lipinski definition) is 0. The molecule has 0 heterocycles. The van der Waals surface area contributed by atoms with Gasteiger partial charge in [-0.05, 0) is 123 Å². The van der Waals surface area contributed by atoms with Gasteiger partial charge in [-0.15, -0.1) is 0 Å². The van der Waals surface area contributed by atoms with Crippen molar-refractivity contribution in [1.82, 2.24) is 0 Å². The number of hydrogen-bond acceptors (Lipinski definition) is 8. The summed E-state index contributed by atoms with van der Waals surface area (Å²) in [6.45, 7) is 3.64. The molecular formula is C44H38I2O8S2. The van der Waals surface area contributed by atoms with Gasteiger partial charge in [-0.3, -0.25) is 0 Å². The van der Waals surface area contributed by atoms with Crippen LogP contribution in [0.25, 0.3) is 0 Å². The molecule has 6 rings (SSSR count). The van der Waals surface area contributed by atoms with Gasteiger partial charge in [-0.2, -0.15) is 0 Å².